The molecule has 3 atom stereocenters. The summed E-state index contributed by atoms with van der Waals surface area (Å²) in [5.74, 6) is 8.45. The van der Waals surface area contributed by atoms with E-state index in [2.05, 4.69) is 36.6 Å². The molecule has 2 nitrogen and oxygen atoms in total. The summed E-state index contributed by atoms with van der Waals surface area (Å²) in [7, 11) is 0. The van der Waals surface area contributed by atoms with Crippen LogP contribution in [0.15, 0.2) is 24.3 Å². The van der Waals surface area contributed by atoms with E-state index in [1.165, 1.54) is 36.8 Å². The number of aryl methyl sites for hydroxylation is 1. The molecule has 3 rings (SSSR count). The van der Waals surface area contributed by atoms with Crippen molar-refractivity contribution in [3.8, 4) is 0 Å². The van der Waals surface area contributed by atoms with Gasteiger partial charge in [-0.2, -0.15) is 0 Å². The molecule has 0 radical (unpaired) electrons. The Morgan fingerprint density at radius 3 is 2.53 bits per heavy atom. The number of nitrogens with two attached hydrogens (primary N) is 1. The molecule has 3 unspecified atom stereocenters. The van der Waals surface area contributed by atoms with Crippen molar-refractivity contribution in [1.29, 1.82) is 0 Å². The third-order valence-corrected chi connectivity index (χ3v) is 4.69. The first-order valence-corrected chi connectivity index (χ1v) is 6.84. The van der Waals surface area contributed by atoms with E-state index in [4.69, 9.17) is 5.84 Å². The van der Waals surface area contributed by atoms with Gasteiger partial charge in [-0.05, 0) is 43.1 Å². The second-order valence-electron chi connectivity index (χ2n) is 5.75. The smallest absolute Gasteiger partial charge is 0.0493 e. The minimum absolute atomic E-state index is 0.364. The van der Waals surface area contributed by atoms with Crippen molar-refractivity contribution >= 4 is 0 Å². The van der Waals surface area contributed by atoms with E-state index in [1.807, 2.05) is 0 Å². The Balaban J connectivity index is 1.80. The van der Waals surface area contributed by atoms with Crippen LogP contribution in [0.5, 0.6) is 0 Å². The molecule has 2 fully saturated rings. The molecular formula is C15H22N2. The van der Waals surface area contributed by atoms with Crippen molar-refractivity contribution < 1.29 is 0 Å². The van der Waals surface area contributed by atoms with Crippen molar-refractivity contribution in [3.05, 3.63) is 35.4 Å². The fourth-order valence-corrected chi connectivity index (χ4v) is 3.84. The molecule has 2 aliphatic carbocycles. The maximum absolute atomic E-state index is 5.80. The van der Waals surface area contributed by atoms with E-state index in [0.29, 0.717) is 6.04 Å². The summed E-state index contributed by atoms with van der Waals surface area (Å²) in [6.45, 7) is 2.15. The third-order valence-electron chi connectivity index (χ3n) is 4.69. The van der Waals surface area contributed by atoms with E-state index in [9.17, 15) is 0 Å². The molecule has 0 amide bonds. The van der Waals surface area contributed by atoms with Crippen LogP contribution in [0.4, 0.5) is 0 Å². The Kier molecular flexibility index (Phi) is 2.93. The summed E-state index contributed by atoms with van der Waals surface area (Å²) < 4.78 is 0. The van der Waals surface area contributed by atoms with Gasteiger partial charge < -0.3 is 0 Å². The molecule has 2 heteroatoms. The number of hydrazine groups is 1. The Hall–Kier alpha value is -0.860. The Labute approximate surface area is 104 Å². The van der Waals surface area contributed by atoms with E-state index < -0.39 is 0 Å². The molecule has 1 aromatic rings. The summed E-state index contributed by atoms with van der Waals surface area (Å²) >= 11 is 0. The van der Waals surface area contributed by atoms with Crippen LogP contribution in [-0.2, 0) is 0 Å². The third kappa shape index (κ3) is 2.00. The first kappa shape index (κ1) is 11.2. The van der Waals surface area contributed by atoms with Gasteiger partial charge in [0, 0.05) is 6.04 Å². The molecule has 92 valence electrons. The summed E-state index contributed by atoms with van der Waals surface area (Å²) in [6, 6.07) is 9.14. The van der Waals surface area contributed by atoms with E-state index in [0.717, 1.165) is 17.8 Å². The summed E-state index contributed by atoms with van der Waals surface area (Å²) in [5, 5.41) is 0. The molecule has 0 saturated heterocycles. The van der Waals surface area contributed by atoms with Gasteiger partial charge >= 0.3 is 0 Å². The number of rotatable bonds is 3. The zero-order valence-corrected chi connectivity index (χ0v) is 10.5. The minimum atomic E-state index is 0.364. The SMILES string of the molecule is Cc1cccc(C(NN)C2C3CCCCC32)c1. The van der Waals surface area contributed by atoms with Gasteiger partial charge in [-0.15, -0.1) is 0 Å². The highest BCUT2D eigenvalue weighted by atomic mass is 15.2. The molecule has 0 heterocycles. The normalized spacial score (nSPS) is 32.9. The average Bonchev–Trinajstić information content (AvgIpc) is 3.05. The lowest BCUT2D eigenvalue weighted by Crippen LogP contribution is -2.30. The first-order valence-electron chi connectivity index (χ1n) is 6.84. The van der Waals surface area contributed by atoms with Crippen LogP contribution in [0.25, 0.3) is 0 Å². The fraction of sp³-hybridized carbons (Fsp3) is 0.600. The van der Waals surface area contributed by atoms with Gasteiger partial charge in [-0.1, -0.05) is 42.7 Å². The van der Waals surface area contributed by atoms with Crippen molar-refractivity contribution in [2.24, 2.45) is 23.6 Å². The Bertz CT molecular complexity index is 390. The lowest BCUT2D eigenvalue weighted by Gasteiger charge is -2.17. The van der Waals surface area contributed by atoms with Crippen LogP contribution in [0.2, 0.25) is 0 Å². The lowest BCUT2D eigenvalue weighted by atomic mass is 9.99. The molecule has 0 aromatic heterocycles. The monoisotopic (exact) mass is 230 g/mol. The maximum atomic E-state index is 5.80. The molecule has 2 saturated carbocycles. The summed E-state index contributed by atoms with van der Waals surface area (Å²) in [5.41, 5.74) is 5.76. The van der Waals surface area contributed by atoms with Gasteiger partial charge in [-0.25, -0.2) is 0 Å². The Morgan fingerprint density at radius 1 is 1.24 bits per heavy atom. The number of hydrogen-bond acceptors (Lipinski definition) is 2. The standard InChI is InChI=1S/C15H22N2/c1-10-5-4-6-11(9-10)15(17-16)14-12-7-2-3-8-13(12)14/h4-6,9,12-15,17H,2-3,7-8,16H2,1H3. The summed E-state index contributed by atoms with van der Waals surface area (Å²) in [6.07, 6.45) is 5.67. The second-order valence-corrected chi connectivity index (χ2v) is 5.75. The van der Waals surface area contributed by atoms with Crippen LogP contribution in [0.3, 0.4) is 0 Å². The van der Waals surface area contributed by atoms with Crippen LogP contribution < -0.4 is 11.3 Å². The van der Waals surface area contributed by atoms with Crippen molar-refractivity contribution in [2.75, 3.05) is 0 Å². The molecule has 0 bridgehead atoms. The first-order chi connectivity index (χ1) is 8.31. The summed E-state index contributed by atoms with van der Waals surface area (Å²) in [4.78, 5) is 0. The van der Waals surface area contributed by atoms with Crippen molar-refractivity contribution in [3.63, 3.8) is 0 Å². The molecule has 1 aromatic carbocycles. The van der Waals surface area contributed by atoms with Gasteiger partial charge in [0.05, 0.1) is 0 Å². The molecular weight excluding hydrogens is 208 g/mol. The predicted molar refractivity (Wildman–Crippen MR) is 70.2 cm³/mol. The molecule has 3 N–H and O–H groups in total. The number of nitrogens with one attached hydrogen (secondary N) is 1. The highest BCUT2D eigenvalue weighted by Gasteiger charge is 2.54. The van der Waals surface area contributed by atoms with Gasteiger partial charge in [-0.3, -0.25) is 11.3 Å². The molecule has 17 heavy (non-hydrogen) atoms. The zero-order valence-electron chi connectivity index (χ0n) is 10.5. The molecule has 2 aliphatic rings. The van der Waals surface area contributed by atoms with E-state index in [1.54, 1.807) is 0 Å². The van der Waals surface area contributed by atoms with Crippen molar-refractivity contribution in [2.45, 2.75) is 38.6 Å². The van der Waals surface area contributed by atoms with E-state index in [-0.39, 0.29) is 0 Å². The lowest BCUT2D eigenvalue weighted by molar-refractivity contribution is 0.456. The maximum Gasteiger partial charge on any atom is 0.0493 e. The largest absolute Gasteiger partial charge is 0.271 e. The number of fused-ring (bicyclic) bond motifs is 1. The van der Waals surface area contributed by atoms with Crippen LogP contribution >= 0.6 is 0 Å². The van der Waals surface area contributed by atoms with Gasteiger partial charge in [0.1, 0.15) is 0 Å². The van der Waals surface area contributed by atoms with E-state index >= 15 is 0 Å². The minimum Gasteiger partial charge on any atom is -0.271 e. The van der Waals surface area contributed by atoms with Crippen LogP contribution in [0, 0.1) is 24.7 Å². The molecule has 0 spiro atoms. The van der Waals surface area contributed by atoms with Crippen LogP contribution in [0.1, 0.15) is 42.9 Å². The van der Waals surface area contributed by atoms with Gasteiger partial charge in [0.2, 0.25) is 0 Å². The highest BCUT2D eigenvalue weighted by Crippen LogP contribution is 2.60. The fourth-order valence-electron chi connectivity index (χ4n) is 3.84. The van der Waals surface area contributed by atoms with Crippen LogP contribution in [-0.4, -0.2) is 0 Å². The zero-order chi connectivity index (χ0) is 11.8. The van der Waals surface area contributed by atoms with Crippen molar-refractivity contribution in [1.82, 2.24) is 5.43 Å². The Morgan fingerprint density at radius 2 is 1.94 bits per heavy atom. The topological polar surface area (TPSA) is 38.0 Å². The number of benzene rings is 1. The average molecular weight is 230 g/mol. The molecule has 0 aliphatic heterocycles. The van der Waals surface area contributed by atoms with Gasteiger partial charge in [0.25, 0.3) is 0 Å². The second kappa shape index (κ2) is 4.43. The van der Waals surface area contributed by atoms with Gasteiger partial charge in [0.15, 0.2) is 0 Å². The highest BCUT2D eigenvalue weighted by molar-refractivity contribution is 5.27. The quantitative estimate of drug-likeness (QED) is 0.619. The number of hydrogen-bond donors (Lipinski definition) is 2. The predicted octanol–water partition coefficient (Wildman–Crippen LogP) is 2.94.